The Kier molecular flexibility index (Phi) is 3.93. The smallest absolute Gasteiger partial charge is 0.320 e. The number of hydrogen-bond donors (Lipinski definition) is 1. The quantitative estimate of drug-likeness (QED) is 0.832. The van der Waals surface area contributed by atoms with Gasteiger partial charge in [0.2, 0.25) is 0 Å². The normalized spacial score (nSPS) is 13.5. The SMILES string of the molecule is Cc1ccc(C(=O)CC(N)C(F)(F)F)cc1C. The largest absolute Gasteiger partial charge is 0.404 e. The predicted octanol–water partition coefficient (Wildman–Crippen LogP) is 2.77. The van der Waals surface area contributed by atoms with Crippen molar-refractivity contribution in [1.82, 2.24) is 0 Å². The van der Waals surface area contributed by atoms with Gasteiger partial charge < -0.3 is 5.73 Å². The molecule has 0 heterocycles. The fraction of sp³-hybridized carbons (Fsp3) is 0.417. The Morgan fingerprint density at radius 3 is 2.35 bits per heavy atom. The van der Waals surface area contributed by atoms with Crippen molar-refractivity contribution < 1.29 is 18.0 Å². The summed E-state index contributed by atoms with van der Waals surface area (Å²) in [5, 5.41) is 0. The van der Waals surface area contributed by atoms with Gasteiger partial charge in [0.1, 0.15) is 6.04 Å². The molecule has 0 amide bonds. The maximum atomic E-state index is 12.2. The zero-order valence-corrected chi connectivity index (χ0v) is 9.64. The van der Waals surface area contributed by atoms with E-state index in [0.29, 0.717) is 0 Å². The van der Waals surface area contributed by atoms with E-state index in [4.69, 9.17) is 5.73 Å². The number of aryl methyl sites for hydroxylation is 2. The molecule has 17 heavy (non-hydrogen) atoms. The molecule has 5 heteroatoms. The zero-order chi connectivity index (χ0) is 13.2. The predicted molar refractivity (Wildman–Crippen MR) is 58.9 cm³/mol. The fourth-order valence-electron chi connectivity index (χ4n) is 1.35. The lowest BCUT2D eigenvalue weighted by Crippen LogP contribution is -2.39. The van der Waals surface area contributed by atoms with E-state index in [0.717, 1.165) is 11.1 Å². The van der Waals surface area contributed by atoms with Crippen LogP contribution in [0.3, 0.4) is 0 Å². The molecule has 1 aromatic carbocycles. The molecule has 0 radical (unpaired) electrons. The van der Waals surface area contributed by atoms with Crippen LogP contribution < -0.4 is 5.73 Å². The summed E-state index contributed by atoms with van der Waals surface area (Å²) in [7, 11) is 0. The van der Waals surface area contributed by atoms with Crippen LogP contribution in [0.15, 0.2) is 18.2 Å². The summed E-state index contributed by atoms with van der Waals surface area (Å²) in [5.41, 5.74) is 7.04. The molecule has 94 valence electrons. The van der Waals surface area contributed by atoms with E-state index in [1.165, 1.54) is 6.07 Å². The number of nitrogens with two attached hydrogens (primary N) is 1. The lowest BCUT2D eigenvalue weighted by Gasteiger charge is -2.14. The van der Waals surface area contributed by atoms with Crippen LogP contribution in [-0.4, -0.2) is 18.0 Å². The molecule has 0 aliphatic rings. The highest BCUT2D eigenvalue weighted by molar-refractivity contribution is 5.96. The van der Waals surface area contributed by atoms with Crippen molar-refractivity contribution >= 4 is 5.78 Å². The van der Waals surface area contributed by atoms with Crippen LogP contribution in [0, 0.1) is 13.8 Å². The maximum Gasteiger partial charge on any atom is 0.404 e. The third kappa shape index (κ3) is 3.56. The van der Waals surface area contributed by atoms with E-state index < -0.39 is 24.4 Å². The molecule has 2 N–H and O–H groups in total. The molecule has 1 aromatic rings. The maximum absolute atomic E-state index is 12.2. The topological polar surface area (TPSA) is 43.1 Å². The number of rotatable bonds is 3. The molecule has 0 spiro atoms. The number of Topliss-reactive ketones (excluding diaryl/α,β-unsaturated/α-hetero) is 1. The van der Waals surface area contributed by atoms with Crippen LogP contribution in [-0.2, 0) is 0 Å². The molecule has 2 nitrogen and oxygen atoms in total. The Labute approximate surface area is 97.6 Å². The zero-order valence-electron chi connectivity index (χ0n) is 9.64. The first-order valence-electron chi connectivity index (χ1n) is 5.14. The lowest BCUT2D eigenvalue weighted by atomic mass is 10.00. The molecule has 0 saturated carbocycles. The Hall–Kier alpha value is -1.36. The van der Waals surface area contributed by atoms with Crippen molar-refractivity contribution in [2.45, 2.75) is 32.5 Å². The summed E-state index contributed by atoms with van der Waals surface area (Å²) < 4.78 is 36.6. The minimum atomic E-state index is -4.53. The van der Waals surface area contributed by atoms with Crippen LogP contribution in [0.5, 0.6) is 0 Å². The van der Waals surface area contributed by atoms with Crippen molar-refractivity contribution in [2.24, 2.45) is 5.73 Å². The average molecular weight is 245 g/mol. The van der Waals surface area contributed by atoms with Crippen LogP contribution in [0.1, 0.15) is 27.9 Å². The molecule has 0 aliphatic heterocycles. The van der Waals surface area contributed by atoms with Crippen molar-refractivity contribution in [2.75, 3.05) is 0 Å². The van der Waals surface area contributed by atoms with Gasteiger partial charge in [0.05, 0.1) is 0 Å². The van der Waals surface area contributed by atoms with E-state index >= 15 is 0 Å². The minimum Gasteiger partial charge on any atom is -0.320 e. The van der Waals surface area contributed by atoms with Gasteiger partial charge in [-0.1, -0.05) is 12.1 Å². The van der Waals surface area contributed by atoms with Crippen LogP contribution in [0.4, 0.5) is 13.2 Å². The van der Waals surface area contributed by atoms with Crippen LogP contribution >= 0.6 is 0 Å². The first-order valence-corrected chi connectivity index (χ1v) is 5.14. The van der Waals surface area contributed by atoms with Crippen molar-refractivity contribution in [3.63, 3.8) is 0 Å². The third-order valence-electron chi connectivity index (χ3n) is 2.65. The second-order valence-electron chi connectivity index (χ2n) is 4.07. The Morgan fingerprint density at radius 1 is 1.29 bits per heavy atom. The number of carbonyl (C=O) groups is 1. The first-order chi connectivity index (χ1) is 7.71. The molecule has 1 atom stereocenters. The van der Waals surface area contributed by atoms with Gasteiger partial charge in [0, 0.05) is 12.0 Å². The molecule has 0 aromatic heterocycles. The van der Waals surface area contributed by atoms with Crippen molar-refractivity contribution in [3.8, 4) is 0 Å². The number of hydrogen-bond acceptors (Lipinski definition) is 2. The summed E-state index contributed by atoms with van der Waals surface area (Å²) in [6.45, 7) is 3.67. The molecular weight excluding hydrogens is 231 g/mol. The second kappa shape index (κ2) is 4.87. The molecule has 1 rings (SSSR count). The first kappa shape index (κ1) is 13.7. The molecule has 0 bridgehead atoms. The Balaban J connectivity index is 2.80. The van der Waals surface area contributed by atoms with Crippen LogP contribution in [0.2, 0.25) is 0 Å². The van der Waals surface area contributed by atoms with Gasteiger partial charge in [-0.2, -0.15) is 13.2 Å². The van der Waals surface area contributed by atoms with Gasteiger partial charge in [-0.15, -0.1) is 0 Å². The molecule has 0 fully saturated rings. The van der Waals surface area contributed by atoms with Gasteiger partial charge in [0.15, 0.2) is 5.78 Å². The highest BCUT2D eigenvalue weighted by Gasteiger charge is 2.37. The third-order valence-corrected chi connectivity index (χ3v) is 2.65. The van der Waals surface area contributed by atoms with Crippen molar-refractivity contribution in [3.05, 3.63) is 34.9 Å². The Morgan fingerprint density at radius 2 is 1.88 bits per heavy atom. The van der Waals surface area contributed by atoms with Gasteiger partial charge in [-0.3, -0.25) is 4.79 Å². The second-order valence-corrected chi connectivity index (χ2v) is 4.07. The molecule has 1 unspecified atom stereocenters. The summed E-state index contributed by atoms with van der Waals surface area (Å²) in [6.07, 6.45) is -5.25. The molecule has 0 aliphatic carbocycles. The van der Waals surface area contributed by atoms with E-state index in [9.17, 15) is 18.0 Å². The number of halogens is 3. The number of carbonyl (C=O) groups excluding carboxylic acids is 1. The van der Waals surface area contributed by atoms with Gasteiger partial charge >= 0.3 is 6.18 Å². The van der Waals surface area contributed by atoms with Gasteiger partial charge in [-0.05, 0) is 31.0 Å². The number of alkyl halides is 3. The van der Waals surface area contributed by atoms with E-state index in [1.807, 2.05) is 6.92 Å². The van der Waals surface area contributed by atoms with E-state index in [2.05, 4.69) is 0 Å². The van der Waals surface area contributed by atoms with Crippen LogP contribution in [0.25, 0.3) is 0 Å². The summed E-state index contributed by atoms with van der Waals surface area (Å²) in [4.78, 5) is 11.6. The average Bonchev–Trinajstić information content (AvgIpc) is 2.20. The number of benzene rings is 1. The molecule has 0 saturated heterocycles. The highest BCUT2D eigenvalue weighted by atomic mass is 19.4. The van der Waals surface area contributed by atoms with Gasteiger partial charge in [0.25, 0.3) is 0 Å². The number of ketones is 1. The van der Waals surface area contributed by atoms with Gasteiger partial charge in [-0.25, -0.2) is 0 Å². The summed E-state index contributed by atoms with van der Waals surface area (Å²) in [6, 6.07) is 2.72. The highest BCUT2D eigenvalue weighted by Crippen LogP contribution is 2.22. The summed E-state index contributed by atoms with van der Waals surface area (Å²) in [5.74, 6) is -0.585. The molecular formula is C12H14F3NO. The van der Waals surface area contributed by atoms with Crippen molar-refractivity contribution in [1.29, 1.82) is 0 Å². The minimum absolute atomic E-state index is 0.271. The monoisotopic (exact) mass is 245 g/mol. The lowest BCUT2D eigenvalue weighted by molar-refractivity contribution is -0.146. The fourth-order valence-corrected chi connectivity index (χ4v) is 1.35. The Bertz CT molecular complexity index is 426. The summed E-state index contributed by atoms with van der Waals surface area (Å²) >= 11 is 0. The van der Waals surface area contributed by atoms with E-state index in [-0.39, 0.29) is 5.56 Å². The standard InChI is InChI=1S/C12H14F3NO/c1-7-3-4-9(5-8(7)2)10(17)6-11(16)12(13,14)15/h3-5,11H,6,16H2,1-2H3. The van der Waals surface area contributed by atoms with E-state index in [1.54, 1.807) is 19.1 Å².